The predicted octanol–water partition coefficient (Wildman–Crippen LogP) is -0.421. The van der Waals surface area contributed by atoms with E-state index in [2.05, 4.69) is 0 Å². The van der Waals surface area contributed by atoms with E-state index in [1.54, 1.807) is 0 Å². The molecule has 1 aliphatic carbocycles. The molecular formula is C7H4N2O4. The van der Waals surface area contributed by atoms with Gasteiger partial charge < -0.3 is 10.2 Å². The number of hydrogen-bond acceptors (Lipinski definition) is 4. The number of carbonyl (C=O) groups is 2. The summed E-state index contributed by atoms with van der Waals surface area (Å²) in [6, 6.07) is 2.87. The number of hydrogen-bond donors (Lipinski definition) is 2. The smallest absolute Gasteiger partial charge is 0.323 e. The van der Waals surface area contributed by atoms with Crippen LogP contribution in [0.25, 0.3) is 0 Å². The summed E-state index contributed by atoms with van der Waals surface area (Å²) >= 11 is 0. The molecule has 0 spiro atoms. The maximum atomic E-state index is 10.6. The Morgan fingerprint density at radius 1 is 1.15 bits per heavy atom. The van der Waals surface area contributed by atoms with Gasteiger partial charge in [-0.3, -0.25) is 9.59 Å². The Labute approximate surface area is 72.6 Å². The van der Waals surface area contributed by atoms with Gasteiger partial charge in [0, 0.05) is 6.42 Å². The van der Waals surface area contributed by atoms with Gasteiger partial charge in [0.15, 0.2) is 10.8 Å². The first kappa shape index (κ1) is 9.01. The van der Waals surface area contributed by atoms with Gasteiger partial charge in [-0.15, -0.1) is 0 Å². The van der Waals surface area contributed by atoms with Crippen molar-refractivity contribution in [3.63, 3.8) is 0 Å². The van der Waals surface area contributed by atoms with Crippen molar-refractivity contribution in [2.24, 2.45) is 10.8 Å². The molecule has 66 valence electrons. The molecule has 0 unspecified atom stereocenters. The first-order valence-electron chi connectivity index (χ1n) is 3.26. The summed E-state index contributed by atoms with van der Waals surface area (Å²) in [6.45, 7) is 0. The number of carboxylic acid groups (broad SMARTS) is 2. The number of carboxylic acids is 2. The second-order valence-electron chi connectivity index (χ2n) is 2.82. The topological polar surface area (TPSA) is 122 Å². The standard InChI is InChI=1S/C7H4N2O4/c8-2-6(3-9)1-7(6,4(10)11)5(12)13/h1H2,(H,10,11)(H,12,13). The molecule has 6 nitrogen and oxygen atoms in total. The van der Waals surface area contributed by atoms with E-state index in [9.17, 15) is 9.59 Å². The molecule has 0 amide bonds. The van der Waals surface area contributed by atoms with Gasteiger partial charge in [0.2, 0.25) is 0 Å². The molecular weight excluding hydrogens is 176 g/mol. The summed E-state index contributed by atoms with van der Waals surface area (Å²) in [5.41, 5.74) is -4.12. The lowest BCUT2D eigenvalue weighted by molar-refractivity contribution is -0.158. The molecule has 0 aliphatic heterocycles. The van der Waals surface area contributed by atoms with Crippen LogP contribution in [0.1, 0.15) is 6.42 Å². The summed E-state index contributed by atoms with van der Waals surface area (Å²) in [6.07, 6.45) is -0.447. The van der Waals surface area contributed by atoms with Gasteiger partial charge in [0.05, 0.1) is 12.1 Å². The van der Waals surface area contributed by atoms with Crippen LogP contribution in [0.4, 0.5) is 0 Å². The van der Waals surface area contributed by atoms with Crippen LogP contribution < -0.4 is 0 Å². The first-order valence-corrected chi connectivity index (χ1v) is 3.26. The van der Waals surface area contributed by atoms with E-state index in [0.29, 0.717) is 0 Å². The van der Waals surface area contributed by atoms with Crippen LogP contribution in [0.5, 0.6) is 0 Å². The molecule has 0 atom stereocenters. The Kier molecular flexibility index (Phi) is 1.53. The molecule has 0 saturated heterocycles. The lowest BCUT2D eigenvalue weighted by Crippen LogP contribution is -2.30. The molecule has 13 heavy (non-hydrogen) atoms. The van der Waals surface area contributed by atoms with Crippen molar-refractivity contribution in [2.75, 3.05) is 0 Å². The van der Waals surface area contributed by atoms with E-state index >= 15 is 0 Å². The Morgan fingerprint density at radius 3 is 1.62 bits per heavy atom. The van der Waals surface area contributed by atoms with Crippen molar-refractivity contribution in [2.45, 2.75) is 6.42 Å². The Morgan fingerprint density at radius 2 is 1.54 bits per heavy atom. The third kappa shape index (κ3) is 0.744. The first-order chi connectivity index (χ1) is 5.97. The molecule has 0 aromatic rings. The lowest BCUT2D eigenvalue weighted by atomic mass is 9.95. The van der Waals surface area contributed by atoms with E-state index in [1.165, 1.54) is 12.1 Å². The minimum atomic E-state index is -2.23. The van der Waals surface area contributed by atoms with Gasteiger partial charge >= 0.3 is 11.9 Å². The van der Waals surface area contributed by atoms with Crippen LogP contribution in [0.3, 0.4) is 0 Å². The van der Waals surface area contributed by atoms with Crippen LogP contribution in [0, 0.1) is 33.5 Å². The summed E-state index contributed by atoms with van der Waals surface area (Å²) in [5.74, 6) is -3.27. The van der Waals surface area contributed by atoms with Gasteiger partial charge in [-0.2, -0.15) is 10.5 Å². The molecule has 0 radical (unpaired) electrons. The highest BCUT2D eigenvalue weighted by Crippen LogP contribution is 2.63. The highest BCUT2D eigenvalue weighted by Gasteiger charge is 2.80. The van der Waals surface area contributed by atoms with Gasteiger partial charge in [-0.05, 0) is 0 Å². The SMILES string of the molecule is N#CC1(C#N)CC1(C(=O)O)C(=O)O. The Bertz CT molecular complexity index is 345. The molecule has 6 heteroatoms. The maximum absolute atomic E-state index is 10.6. The third-order valence-electron chi connectivity index (χ3n) is 2.25. The van der Waals surface area contributed by atoms with Crippen molar-refractivity contribution >= 4 is 11.9 Å². The monoisotopic (exact) mass is 180 g/mol. The van der Waals surface area contributed by atoms with Crippen molar-refractivity contribution < 1.29 is 19.8 Å². The van der Waals surface area contributed by atoms with Crippen LogP contribution in [-0.4, -0.2) is 22.2 Å². The van der Waals surface area contributed by atoms with Gasteiger partial charge in [-0.1, -0.05) is 0 Å². The third-order valence-corrected chi connectivity index (χ3v) is 2.25. The van der Waals surface area contributed by atoms with Crippen molar-refractivity contribution in [1.29, 1.82) is 10.5 Å². The largest absolute Gasteiger partial charge is 0.480 e. The number of rotatable bonds is 2. The van der Waals surface area contributed by atoms with E-state index in [-0.39, 0.29) is 0 Å². The van der Waals surface area contributed by atoms with E-state index < -0.39 is 29.2 Å². The molecule has 1 aliphatic rings. The second-order valence-corrected chi connectivity index (χ2v) is 2.82. The Balaban J connectivity index is 3.21. The molecule has 0 heterocycles. The average molecular weight is 180 g/mol. The zero-order valence-electron chi connectivity index (χ0n) is 6.31. The summed E-state index contributed by atoms with van der Waals surface area (Å²) < 4.78 is 0. The van der Waals surface area contributed by atoms with E-state index in [1.807, 2.05) is 0 Å². The molecule has 0 aromatic carbocycles. The van der Waals surface area contributed by atoms with E-state index in [0.717, 1.165) is 0 Å². The van der Waals surface area contributed by atoms with Crippen molar-refractivity contribution in [3.8, 4) is 12.1 Å². The maximum Gasteiger partial charge on any atom is 0.323 e. The summed E-state index contributed by atoms with van der Waals surface area (Å²) in [7, 11) is 0. The number of nitrogens with zero attached hydrogens (tertiary/aromatic N) is 2. The fourth-order valence-electron chi connectivity index (χ4n) is 1.26. The zero-order chi connectivity index (χ0) is 10.3. The second kappa shape index (κ2) is 2.20. The van der Waals surface area contributed by atoms with Crippen molar-refractivity contribution in [3.05, 3.63) is 0 Å². The van der Waals surface area contributed by atoms with Gasteiger partial charge in [-0.25, -0.2) is 0 Å². The number of aliphatic carboxylic acids is 2. The molecule has 1 rings (SSSR count). The molecule has 0 aromatic heterocycles. The molecule has 1 fully saturated rings. The van der Waals surface area contributed by atoms with Crippen LogP contribution >= 0.6 is 0 Å². The van der Waals surface area contributed by atoms with Crippen molar-refractivity contribution in [1.82, 2.24) is 0 Å². The number of nitriles is 2. The predicted molar refractivity (Wildman–Crippen MR) is 36.0 cm³/mol. The van der Waals surface area contributed by atoms with Crippen LogP contribution in [0.15, 0.2) is 0 Å². The quantitative estimate of drug-likeness (QED) is 0.556. The van der Waals surface area contributed by atoms with Gasteiger partial charge in [0.1, 0.15) is 0 Å². The van der Waals surface area contributed by atoms with E-state index in [4.69, 9.17) is 20.7 Å². The molecule has 1 saturated carbocycles. The zero-order valence-corrected chi connectivity index (χ0v) is 6.31. The fourth-order valence-corrected chi connectivity index (χ4v) is 1.26. The highest BCUT2D eigenvalue weighted by atomic mass is 16.4. The average Bonchev–Trinajstić information content (AvgIpc) is 2.75. The molecule has 2 N–H and O–H groups in total. The highest BCUT2D eigenvalue weighted by molar-refractivity contribution is 6.05. The van der Waals surface area contributed by atoms with Crippen LogP contribution in [-0.2, 0) is 9.59 Å². The minimum absolute atomic E-state index is 0.447. The summed E-state index contributed by atoms with van der Waals surface area (Å²) in [5, 5.41) is 34.2. The lowest BCUT2D eigenvalue weighted by Gasteiger charge is -2.04. The Hall–Kier alpha value is -2.08. The normalized spacial score (nSPS) is 20.8. The minimum Gasteiger partial charge on any atom is -0.480 e. The fraction of sp³-hybridized carbons (Fsp3) is 0.429. The molecule has 0 bridgehead atoms. The summed E-state index contributed by atoms with van der Waals surface area (Å²) in [4.78, 5) is 21.2. The van der Waals surface area contributed by atoms with Crippen LogP contribution in [0.2, 0.25) is 0 Å². The van der Waals surface area contributed by atoms with Gasteiger partial charge in [0.25, 0.3) is 0 Å².